The standard InChI is InChI=1S/C17H14FN3O3/c18-14-5-3-13(4-6-14)15-10-16(21-24-15)23-17(22)20-9-7-12-2-1-8-19-11-12/h1-6,8,10-11H,7,9H2,(H,20,22). The summed E-state index contributed by atoms with van der Waals surface area (Å²) in [7, 11) is 0. The summed E-state index contributed by atoms with van der Waals surface area (Å²) in [6, 6.07) is 10.9. The van der Waals surface area contributed by atoms with E-state index < -0.39 is 6.09 Å². The molecule has 0 radical (unpaired) electrons. The highest BCUT2D eigenvalue weighted by Gasteiger charge is 2.11. The van der Waals surface area contributed by atoms with Crippen LogP contribution in [-0.4, -0.2) is 22.8 Å². The lowest BCUT2D eigenvalue weighted by Crippen LogP contribution is -2.28. The zero-order valence-corrected chi connectivity index (χ0v) is 12.6. The Hall–Kier alpha value is -3.22. The van der Waals surface area contributed by atoms with E-state index in [4.69, 9.17) is 9.26 Å². The molecule has 0 aliphatic rings. The first kappa shape index (κ1) is 15.7. The minimum atomic E-state index is -0.627. The van der Waals surface area contributed by atoms with Crippen LogP contribution >= 0.6 is 0 Å². The third-order valence-electron chi connectivity index (χ3n) is 3.22. The number of ether oxygens (including phenoxy) is 1. The summed E-state index contributed by atoms with van der Waals surface area (Å²) in [4.78, 5) is 15.7. The van der Waals surface area contributed by atoms with Gasteiger partial charge in [0, 0.05) is 24.5 Å². The van der Waals surface area contributed by atoms with Gasteiger partial charge in [-0.15, -0.1) is 0 Å². The number of nitrogens with one attached hydrogen (secondary N) is 1. The molecule has 7 heteroatoms. The molecular weight excluding hydrogens is 313 g/mol. The van der Waals surface area contributed by atoms with Crippen LogP contribution in [0.3, 0.4) is 0 Å². The maximum absolute atomic E-state index is 12.9. The van der Waals surface area contributed by atoms with Crippen LogP contribution in [0.5, 0.6) is 5.88 Å². The summed E-state index contributed by atoms with van der Waals surface area (Å²) in [6.45, 7) is 0.410. The van der Waals surface area contributed by atoms with Gasteiger partial charge in [-0.05, 0) is 47.5 Å². The van der Waals surface area contributed by atoms with E-state index in [2.05, 4.69) is 15.5 Å². The van der Waals surface area contributed by atoms with Crippen molar-refractivity contribution in [2.75, 3.05) is 6.54 Å². The van der Waals surface area contributed by atoms with Crippen LogP contribution in [0, 0.1) is 5.82 Å². The van der Waals surface area contributed by atoms with E-state index in [0.717, 1.165) is 5.56 Å². The van der Waals surface area contributed by atoms with E-state index in [1.165, 1.54) is 18.2 Å². The Morgan fingerprint density at radius 3 is 2.83 bits per heavy atom. The Labute approximate surface area is 137 Å². The monoisotopic (exact) mass is 327 g/mol. The van der Waals surface area contributed by atoms with Crippen LogP contribution < -0.4 is 10.1 Å². The average Bonchev–Trinajstić information content (AvgIpc) is 3.05. The molecule has 122 valence electrons. The second-order valence-electron chi connectivity index (χ2n) is 4.96. The van der Waals surface area contributed by atoms with Crippen LogP contribution in [0.4, 0.5) is 9.18 Å². The molecule has 0 aliphatic carbocycles. The van der Waals surface area contributed by atoms with Crippen LogP contribution in [0.1, 0.15) is 5.56 Å². The Morgan fingerprint density at radius 2 is 2.08 bits per heavy atom. The molecule has 0 bridgehead atoms. The van der Waals surface area contributed by atoms with Crippen molar-refractivity contribution in [3.05, 3.63) is 66.2 Å². The Morgan fingerprint density at radius 1 is 1.25 bits per heavy atom. The number of halogens is 1. The van der Waals surface area contributed by atoms with Crippen LogP contribution in [0.25, 0.3) is 11.3 Å². The first-order valence-electron chi connectivity index (χ1n) is 7.28. The van der Waals surface area contributed by atoms with Crippen molar-refractivity contribution in [2.45, 2.75) is 6.42 Å². The summed E-state index contributed by atoms with van der Waals surface area (Å²) < 4.78 is 23.0. The van der Waals surface area contributed by atoms with E-state index in [9.17, 15) is 9.18 Å². The van der Waals surface area contributed by atoms with Gasteiger partial charge in [0.2, 0.25) is 0 Å². The molecule has 1 N–H and O–H groups in total. The second-order valence-corrected chi connectivity index (χ2v) is 4.96. The van der Waals surface area contributed by atoms with Gasteiger partial charge in [-0.2, -0.15) is 0 Å². The molecule has 0 aliphatic heterocycles. The smallest absolute Gasteiger partial charge is 0.388 e. The molecule has 0 spiro atoms. The third kappa shape index (κ3) is 4.16. The van der Waals surface area contributed by atoms with Crippen LogP contribution in [-0.2, 0) is 6.42 Å². The molecule has 0 saturated heterocycles. The van der Waals surface area contributed by atoms with Crippen LogP contribution in [0.2, 0.25) is 0 Å². The summed E-state index contributed by atoms with van der Waals surface area (Å²) in [5.41, 5.74) is 1.65. The minimum Gasteiger partial charge on any atom is -0.388 e. The zero-order chi connectivity index (χ0) is 16.8. The highest BCUT2D eigenvalue weighted by molar-refractivity contribution is 5.70. The maximum Gasteiger partial charge on any atom is 0.414 e. The largest absolute Gasteiger partial charge is 0.414 e. The molecule has 0 unspecified atom stereocenters. The highest BCUT2D eigenvalue weighted by Crippen LogP contribution is 2.23. The number of hydrogen-bond acceptors (Lipinski definition) is 5. The summed E-state index contributed by atoms with van der Waals surface area (Å²) in [5.74, 6) is 0.0732. The van der Waals surface area contributed by atoms with Crippen molar-refractivity contribution in [1.82, 2.24) is 15.5 Å². The molecule has 0 saturated carbocycles. The minimum absolute atomic E-state index is 0.0354. The molecule has 0 fully saturated rings. The fraction of sp³-hybridized carbons (Fsp3) is 0.118. The Kier molecular flexibility index (Phi) is 4.81. The number of nitrogens with zero attached hydrogens (tertiary/aromatic N) is 2. The molecule has 1 aromatic carbocycles. The number of carbonyl (C=O) groups is 1. The summed E-state index contributed by atoms with van der Waals surface area (Å²) in [5, 5.41) is 6.28. The number of aromatic nitrogens is 2. The Balaban J connectivity index is 1.51. The number of rotatable bonds is 5. The first-order valence-corrected chi connectivity index (χ1v) is 7.28. The number of amides is 1. The van der Waals surface area contributed by atoms with Crippen molar-refractivity contribution in [3.8, 4) is 17.2 Å². The van der Waals surface area contributed by atoms with Gasteiger partial charge in [0.25, 0.3) is 5.88 Å². The quantitative estimate of drug-likeness (QED) is 0.778. The van der Waals surface area contributed by atoms with E-state index >= 15 is 0 Å². The maximum atomic E-state index is 12.9. The molecule has 2 heterocycles. The van der Waals surface area contributed by atoms with Gasteiger partial charge < -0.3 is 14.6 Å². The van der Waals surface area contributed by atoms with Crippen molar-refractivity contribution < 1.29 is 18.4 Å². The molecule has 2 aromatic heterocycles. The van der Waals surface area contributed by atoms with E-state index in [1.807, 2.05) is 12.1 Å². The second kappa shape index (κ2) is 7.36. The fourth-order valence-corrected chi connectivity index (χ4v) is 2.04. The summed E-state index contributed by atoms with van der Waals surface area (Å²) in [6.07, 6.45) is 3.44. The molecule has 0 atom stereocenters. The number of pyridine rings is 1. The lowest BCUT2D eigenvalue weighted by atomic mass is 10.2. The molecule has 24 heavy (non-hydrogen) atoms. The highest BCUT2D eigenvalue weighted by atomic mass is 19.1. The predicted molar refractivity (Wildman–Crippen MR) is 83.9 cm³/mol. The lowest BCUT2D eigenvalue weighted by molar-refractivity contribution is 0.196. The zero-order valence-electron chi connectivity index (χ0n) is 12.6. The van der Waals surface area contributed by atoms with Crippen molar-refractivity contribution >= 4 is 6.09 Å². The van der Waals surface area contributed by atoms with E-state index in [-0.39, 0.29) is 11.7 Å². The number of hydrogen-bond donors (Lipinski definition) is 1. The molecule has 1 amide bonds. The number of carbonyl (C=O) groups excluding carboxylic acids is 1. The van der Waals surface area contributed by atoms with Crippen molar-refractivity contribution in [3.63, 3.8) is 0 Å². The van der Waals surface area contributed by atoms with Gasteiger partial charge in [0.15, 0.2) is 5.76 Å². The Bertz CT molecular complexity index is 803. The van der Waals surface area contributed by atoms with E-state index in [1.54, 1.807) is 24.5 Å². The van der Waals surface area contributed by atoms with Gasteiger partial charge in [0.05, 0.1) is 6.07 Å². The van der Waals surface area contributed by atoms with E-state index in [0.29, 0.717) is 24.3 Å². The lowest BCUT2D eigenvalue weighted by Gasteiger charge is -2.03. The molecular formula is C17H14FN3O3. The van der Waals surface area contributed by atoms with Crippen molar-refractivity contribution in [2.24, 2.45) is 0 Å². The SMILES string of the molecule is O=C(NCCc1cccnc1)Oc1cc(-c2ccc(F)cc2)on1. The molecule has 3 rings (SSSR count). The normalized spacial score (nSPS) is 10.4. The fourth-order valence-electron chi connectivity index (χ4n) is 2.04. The average molecular weight is 327 g/mol. The van der Waals surface area contributed by atoms with Crippen molar-refractivity contribution in [1.29, 1.82) is 0 Å². The van der Waals surface area contributed by atoms with Gasteiger partial charge in [-0.3, -0.25) is 4.98 Å². The van der Waals surface area contributed by atoms with Gasteiger partial charge in [0.1, 0.15) is 5.82 Å². The van der Waals surface area contributed by atoms with Gasteiger partial charge in [-0.1, -0.05) is 6.07 Å². The third-order valence-corrected chi connectivity index (χ3v) is 3.22. The number of benzene rings is 1. The molecule has 6 nitrogen and oxygen atoms in total. The topological polar surface area (TPSA) is 77.2 Å². The van der Waals surface area contributed by atoms with Crippen LogP contribution in [0.15, 0.2) is 59.4 Å². The van der Waals surface area contributed by atoms with Gasteiger partial charge >= 0.3 is 6.09 Å². The molecule has 3 aromatic rings. The van der Waals surface area contributed by atoms with Gasteiger partial charge in [-0.25, -0.2) is 9.18 Å². The predicted octanol–water partition coefficient (Wildman–Crippen LogP) is 3.21. The first-order chi connectivity index (χ1) is 11.7. The summed E-state index contributed by atoms with van der Waals surface area (Å²) >= 11 is 0.